The maximum Gasteiger partial charge on any atom is 0.220 e. The van der Waals surface area contributed by atoms with Crippen LogP contribution >= 0.6 is 22.7 Å². The number of aryl methyl sites for hydroxylation is 1. The standard InChI is InChI=1S/C57H32N4S2/c1-33-25-30-46-43(31-33)36-19-9-12-22-45(36)60(46)52-44(32-58)49(34-15-5-3-6-16-34)51(59-2)55(50(52)35-17-7-4-8-18-35)61-53-39(26-28-41-37-20-10-13-23-47(37)62-56(41)53)40-27-29-42-38-21-11-14-24-48(38)63-57(42)54(40)61/h3-31H,1H3. The molecule has 0 bridgehead atoms. The molecule has 0 saturated carbocycles. The van der Waals surface area contributed by atoms with Crippen LogP contribution in [0.2, 0.25) is 0 Å². The van der Waals surface area contributed by atoms with E-state index < -0.39 is 0 Å². The molecule has 0 N–H and O–H groups in total. The highest BCUT2D eigenvalue weighted by Gasteiger charge is 2.33. The van der Waals surface area contributed by atoms with Crippen LogP contribution in [0.5, 0.6) is 0 Å². The third-order valence-electron chi connectivity index (χ3n) is 12.8. The fraction of sp³-hybridized carbons (Fsp3) is 0.0175. The monoisotopic (exact) mass is 836 g/mol. The van der Waals surface area contributed by atoms with E-state index in [2.05, 4.69) is 166 Å². The van der Waals surface area contributed by atoms with Gasteiger partial charge in [0.15, 0.2) is 0 Å². The summed E-state index contributed by atoms with van der Waals surface area (Å²) in [5.74, 6) is 0. The van der Waals surface area contributed by atoms with E-state index in [1.165, 1.54) is 30.9 Å². The van der Waals surface area contributed by atoms with Gasteiger partial charge in [-0.25, -0.2) is 4.85 Å². The number of nitriles is 1. The van der Waals surface area contributed by atoms with Crippen molar-refractivity contribution in [3.63, 3.8) is 0 Å². The van der Waals surface area contributed by atoms with Crippen molar-refractivity contribution in [1.82, 2.24) is 9.13 Å². The van der Waals surface area contributed by atoms with E-state index in [4.69, 9.17) is 0 Å². The highest BCUT2D eigenvalue weighted by atomic mass is 32.1. The molecule has 0 unspecified atom stereocenters. The van der Waals surface area contributed by atoms with Crippen LogP contribution in [0.4, 0.5) is 5.69 Å². The van der Waals surface area contributed by atoms with Gasteiger partial charge >= 0.3 is 0 Å². The minimum absolute atomic E-state index is 0.437. The molecule has 63 heavy (non-hydrogen) atoms. The Hall–Kier alpha value is -8.00. The Morgan fingerprint density at radius 2 is 0.984 bits per heavy atom. The SMILES string of the molecule is [C-]#[N+]c1c(-c2ccccc2)c(C#N)c(-n2c3ccccc3c3cc(C)ccc32)c(-c2ccccc2)c1-n1c2c(ccc3c4ccccc4sc32)c2ccc3c4ccccc4sc3c21. The minimum Gasteiger partial charge on any atom is -0.316 e. The number of hydrogen-bond donors (Lipinski definition) is 0. The van der Waals surface area contributed by atoms with Crippen LogP contribution < -0.4 is 0 Å². The summed E-state index contributed by atoms with van der Waals surface area (Å²) in [6, 6.07) is 64.8. The van der Waals surface area contributed by atoms with Crippen LogP contribution in [0, 0.1) is 24.8 Å². The molecule has 0 fully saturated rings. The first kappa shape index (κ1) is 35.7. The third-order valence-corrected chi connectivity index (χ3v) is 15.2. The second-order valence-electron chi connectivity index (χ2n) is 16.2. The van der Waals surface area contributed by atoms with Gasteiger partial charge in [-0.2, -0.15) is 5.26 Å². The zero-order chi connectivity index (χ0) is 41.9. The number of para-hydroxylation sites is 1. The van der Waals surface area contributed by atoms with Crippen molar-refractivity contribution in [3.05, 3.63) is 198 Å². The van der Waals surface area contributed by atoms with Gasteiger partial charge in [-0.3, -0.25) is 0 Å². The maximum absolute atomic E-state index is 11.8. The van der Waals surface area contributed by atoms with Crippen LogP contribution in [0.25, 0.3) is 122 Å². The molecule has 0 atom stereocenters. The van der Waals surface area contributed by atoms with Gasteiger partial charge in [-0.15, -0.1) is 22.7 Å². The first-order valence-corrected chi connectivity index (χ1v) is 22.6. The summed E-state index contributed by atoms with van der Waals surface area (Å²) in [6.45, 7) is 11.5. The Balaban J connectivity index is 1.37. The summed E-state index contributed by atoms with van der Waals surface area (Å²) in [5.41, 5.74) is 10.9. The second kappa shape index (κ2) is 13.5. The van der Waals surface area contributed by atoms with E-state index in [1.54, 1.807) is 22.7 Å². The fourth-order valence-electron chi connectivity index (χ4n) is 10.2. The van der Waals surface area contributed by atoms with Crippen LogP contribution in [0.15, 0.2) is 176 Å². The van der Waals surface area contributed by atoms with Gasteiger partial charge in [0.2, 0.25) is 5.69 Å². The molecule has 0 saturated heterocycles. The summed E-state index contributed by atoms with van der Waals surface area (Å²) in [6.07, 6.45) is 0. The Kier molecular flexibility index (Phi) is 7.66. The minimum atomic E-state index is 0.437. The largest absolute Gasteiger partial charge is 0.316 e. The Labute approximate surface area is 369 Å². The van der Waals surface area contributed by atoms with Crippen LogP contribution in [0.3, 0.4) is 0 Å². The highest BCUT2D eigenvalue weighted by molar-refractivity contribution is 7.27. The highest BCUT2D eigenvalue weighted by Crippen LogP contribution is 2.54. The topological polar surface area (TPSA) is 38.0 Å². The number of fused-ring (bicyclic) bond motifs is 14. The second-order valence-corrected chi connectivity index (χ2v) is 18.3. The van der Waals surface area contributed by atoms with Gasteiger partial charge in [0, 0.05) is 63.6 Å². The molecule has 4 nitrogen and oxygen atoms in total. The average Bonchev–Trinajstić information content (AvgIpc) is 4.09. The molecule has 9 aromatic carbocycles. The van der Waals surface area contributed by atoms with E-state index in [0.717, 1.165) is 86.6 Å². The molecule has 0 spiro atoms. The normalized spacial score (nSPS) is 11.9. The van der Waals surface area contributed by atoms with E-state index in [1.807, 2.05) is 36.4 Å². The zero-order valence-corrected chi connectivity index (χ0v) is 35.5. The molecule has 6 heteroatoms. The van der Waals surface area contributed by atoms with Crippen molar-refractivity contribution >= 4 is 112 Å². The smallest absolute Gasteiger partial charge is 0.220 e. The number of thiophene rings is 2. The van der Waals surface area contributed by atoms with Crippen molar-refractivity contribution in [1.29, 1.82) is 5.26 Å². The Morgan fingerprint density at radius 3 is 1.57 bits per heavy atom. The molecule has 13 rings (SSSR count). The molecule has 0 aliphatic heterocycles. The first-order chi connectivity index (χ1) is 31.1. The van der Waals surface area contributed by atoms with Crippen LogP contribution in [-0.4, -0.2) is 9.13 Å². The Bertz CT molecular complexity index is 4040. The van der Waals surface area contributed by atoms with Crippen LogP contribution in [-0.2, 0) is 0 Å². The van der Waals surface area contributed by atoms with Gasteiger partial charge in [0.05, 0.1) is 55.0 Å². The average molecular weight is 837 g/mol. The Morgan fingerprint density at radius 1 is 0.476 bits per heavy atom. The maximum atomic E-state index is 11.8. The molecule has 4 aromatic heterocycles. The van der Waals surface area contributed by atoms with Crippen molar-refractivity contribution in [2.45, 2.75) is 6.92 Å². The van der Waals surface area contributed by atoms with Gasteiger partial charge < -0.3 is 9.13 Å². The first-order valence-electron chi connectivity index (χ1n) is 20.9. The van der Waals surface area contributed by atoms with Gasteiger partial charge in [0.25, 0.3) is 0 Å². The van der Waals surface area contributed by atoms with E-state index >= 15 is 0 Å². The van der Waals surface area contributed by atoms with Gasteiger partial charge in [-0.1, -0.05) is 151 Å². The summed E-state index contributed by atoms with van der Waals surface area (Å²) in [5, 5.41) is 21.0. The predicted octanol–water partition coefficient (Wildman–Crippen LogP) is 16.7. The van der Waals surface area contributed by atoms with E-state index in [0.29, 0.717) is 16.8 Å². The summed E-state index contributed by atoms with van der Waals surface area (Å²) in [7, 11) is 0. The molecule has 0 radical (unpaired) electrons. The predicted molar refractivity (Wildman–Crippen MR) is 267 cm³/mol. The third kappa shape index (κ3) is 4.94. The van der Waals surface area contributed by atoms with E-state index in [-0.39, 0.29) is 0 Å². The van der Waals surface area contributed by atoms with Gasteiger partial charge in [0.1, 0.15) is 6.07 Å². The summed E-state index contributed by atoms with van der Waals surface area (Å²) < 4.78 is 9.48. The lowest BCUT2D eigenvalue weighted by Gasteiger charge is -2.26. The zero-order valence-electron chi connectivity index (χ0n) is 33.8. The molecule has 0 aliphatic carbocycles. The van der Waals surface area contributed by atoms with Crippen molar-refractivity contribution in [2.24, 2.45) is 0 Å². The van der Waals surface area contributed by atoms with Crippen molar-refractivity contribution < 1.29 is 0 Å². The summed E-state index contributed by atoms with van der Waals surface area (Å²) in [4.78, 5) is 4.59. The van der Waals surface area contributed by atoms with Gasteiger partial charge in [-0.05, 0) is 48.4 Å². The van der Waals surface area contributed by atoms with Crippen LogP contribution in [0.1, 0.15) is 11.1 Å². The van der Waals surface area contributed by atoms with Crippen molar-refractivity contribution in [2.75, 3.05) is 0 Å². The number of benzene rings is 9. The number of aromatic nitrogens is 2. The molecule has 0 amide bonds. The number of rotatable bonds is 4. The number of hydrogen-bond acceptors (Lipinski definition) is 3. The van der Waals surface area contributed by atoms with Crippen molar-refractivity contribution in [3.8, 4) is 39.7 Å². The molecule has 4 heterocycles. The fourth-order valence-corrected chi connectivity index (χ4v) is 12.7. The molecular weight excluding hydrogens is 805 g/mol. The van der Waals surface area contributed by atoms with E-state index in [9.17, 15) is 11.8 Å². The lowest BCUT2D eigenvalue weighted by atomic mass is 9.88. The summed E-state index contributed by atoms with van der Waals surface area (Å²) >= 11 is 3.61. The molecular formula is C57H32N4S2. The lowest BCUT2D eigenvalue weighted by molar-refractivity contribution is 1.14. The molecule has 292 valence electrons. The number of nitrogens with zero attached hydrogens (tertiary/aromatic N) is 4. The lowest BCUT2D eigenvalue weighted by Crippen LogP contribution is -2.08. The molecule has 0 aliphatic rings. The molecule has 13 aromatic rings. The quantitative estimate of drug-likeness (QED) is 0.163.